The summed E-state index contributed by atoms with van der Waals surface area (Å²) in [5, 5.41) is 11.4. The first-order valence-corrected chi connectivity index (χ1v) is 13.1. The number of ether oxygens (including phenoxy) is 2. The van der Waals surface area contributed by atoms with Crippen molar-refractivity contribution in [3.63, 3.8) is 0 Å². The Morgan fingerprint density at radius 1 is 0.975 bits per heavy atom. The van der Waals surface area contributed by atoms with E-state index in [4.69, 9.17) is 9.47 Å². The molecule has 3 aromatic carbocycles. The quantitative estimate of drug-likeness (QED) is 0.168. The summed E-state index contributed by atoms with van der Waals surface area (Å²) in [5.74, 6) is -0.363. The van der Waals surface area contributed by atoms with Crippen LogP contribution in [0.3, 0.4) is 0 Å². The first kappa shape index (κ1) is 26.7. The third-order valence-corrected chi connectivity index (χ3v) is 6.94. The Kier molecular flexibility index (Phi) is 7.96. The van der Waals surface area contributed by atoms with Crippen molar-refractivity contribution in [2.45, 2.75) is 32.5 Å². The van der Waals surface area contributed by atoms with Gasteiger partial charge >= 0.3 is 0 Å². The smallest absolute Gasteiger partial charge is 0.295 e. The second-order valence-electron chi connectivity index (χ2n) is 9.73. The summed E-state index contributed by atoms with van der Waals surface area (Å²) in [6.07, 6.45) is 5.86. The molecule has 8 nitrogen and oxygen atoms in total. The Bertz CT molecular complexity index is 1530. The summed E-state index contributed by atoms with van der Waals surface area (Å²) in [6.45, 7) is 3.40. The molecule has 204 valence electrons. The zero-order valence-electron chi connectivity index (χ0n) is 22.5. The highest BCUT2D eigenvalue weighted by molar-refractivity contribution is 6.46. The maximum Gasteiger partial charge on any atom is 0.295 e. The van der Waals surface area contributed by atoms with Crippen LogP contribution in [0.4, 0.5) is 0 Å². The molecule has 1 saturated heterocycles. The van der Waals surface area contributed by atoms with Crippen LogP contribution in [0.2, 0.25) is 0 Å². The van der Waals surface area contributed by atoms with E-state index < -0.39 is 17.7 Å². The molecule has 1 amide bonds. The van der Waals surface area contributed by atoms with Crippen LogP contribution >= 0.6 is 0 Å². The SMILES string of the molecule is COc1cccc([C@H]2C(=C(O)c3ccc(OCc4cccc(C)c4)cc3)C(=O)C(=O)N2CCCn2ccnc2)c1. The van der Waals surface area contributed by atoms with Gasteiger partial charge in [0.2, 0.25) is 0 Å². The zero-order valence-corrected chi connectivity index (χ0v) is 22.5. The third kappa shape index (κ3) is 5.76. The highest BCUT2D eigenvalue weighted by atomic mass is 16.5. The van der Waals surface area contributed by atoms with Crippen molar-refractivity contribution >= 4 is 17.4 Å². The number of likely N-dealkylation sites (tertiary alicyclic amines) is 1. The van der Waals surface area contributed by atoms with Crippen LogP contribution in [0.5, 0.6) is 11.5 Å². The molecule has 1 N–H and O–H groups in total. The Hall–Kier alpha value is -4.85. The summed E-state index contributed by atoms with van der Waals surface area (Å²) in [5.41, 5.74) is 3.37. The molecule has 1 aliphatic rings. The monoisotopic (exact) mass is 537 g/mol. The van der Waals surface area contributed by atoms with E-state index >= 15 is 0 Å². The van der Waals surface area contributed by atoms with Crippen molar-refractivity contribution in [3.8, 4) is 11.5 Å². The number of Topliss-reactive ketones (excluding diaryl/α,β-unsaturated/α-hetero) is 1. The van der Waals surface area contributed by atoms with Crippen LogP contribution in [-0.2, 0) is 22.7 Å². The highest BCUT2D eigenvalue weighted by Crippen LogP contribution is 2.40. The second kappa shape index (κ2) is 11.9. The third-order valence-electron chi connectivity index (χ3n) is 6.94. The molecule has 0 aliphatic carbocycles. The summed E-state index contributed by atoms with van der Waals surface area (Å²) in [4.78, 5) is 32.2. The molecule has 0 unspecified atom stereocenters. The van der Waals surface area contributed by atoms with Crippen molar-refractivity contribution in [1.29, 1.82) is 0 Å². The van der Waals surface area contributed by atoms with Gasteiger partial charge in [0.15, 0.2) is 0 Å². The number of hydrogen-bond donors (Lipinski definition) is 1. The van der Waals surface area contributed by atoms with Gasteiger partial charge < -0.3 is 24.0 Å². The number of carbonyl (C=O) groups is 2. The lowest BCUT2D eigenvalue weighted by molar-refractivity contribution is -0.139. The van der Waals surface area contributed by atoms with Gasteiger partial charge in [-0.05, 0) is 60.9 Å². The van der Waals surface area contributed by atoms with Crippen molar-refractivity contribution in [2.24, 2.45) is 0 Å². The molecule has 1 fully saturated rings. The molecular weight excluding hydrogens is 506 g/mol. The minimum Gasteiger partial charge on any atom is -0.507 e. The number of ketones is 1. The lowest BCUT2D eigenvalue weighted by Crippen LogP contribution is -2.31. The molecule has 0 radical (unpaired) electrons. The Balaban J connectivity index is 1.42. The number of hydrogen-bond acceptors (Lipinski definition) is 6. The van der Waals surface area contributed by atoms with Crippen molar-refractivity contribution in [3.05, 3.63) is 119 Å². The van der Waals surface area contributed by atoms with E-state index in [2.05, 4.69) is 11.1 Å². The molecule has 40 heavy (non-hydrogen) atoms. The number of amides is 1. The van der Waals surface area contributed by atoms with Gasteiger partial charge in [-0.15, -0.1) is 0 Å². The van der Waals surface area contributed by atoms with Crippen LogP contribution in [-0.4, -0.2) is 44.9 Å². The molecule has 1 aliphatic heterocycles. The van der Waals surface area contributed by atoms with Gasteiger partial charge in [-0.25, -0.2) is 4.98 Å². The average Bonchev–Trinajstić information content (AvgIpc) is 3.58. The predicted octanol–water partition coefficient (Wildman–Crippen LogP) is 5.29. The number of rotatable bonds is 10. The van der Waals surface area contributed by atoms with E-state index in [-0.39, 0.29) is 11.3 Å². The summed E-state index contributed by atoms with van der Waals surface area (Å²) in [6, 6.07) is 21.4. The van der Waals surface area contributed by atoms with E-state index in [9.17, 15) is 14.7 Å². The number of aromatic nitrogens is 2. The lowest BCUT2D eigenvalue weighted by atomic mass is 9.95. The minimum absolute atomic E-state index is 0.0503. The molecule has 5 rings (SSSR count). The largest absolute Gasteiger partial charge is 0.507 e. The number of benzene rings is 3. The van der Waals surface area contributed by atoms with Crippen LogP contribution in [0.25, 0.3) is 5.76 Å². The summed E-state index contributed by atoms with van der Waals surface area (Å²) < 4.78 is 13.2. The van der Waals surface area contributed by atoms with Gasteiger partial charge in [-0.1, -0.05) is 42.0 Å². The molecule has 8 heteroatoms. The van der Waals surface area contributed by atoms with Gasteiger partial charge in [0, 0.05) is 31.0 Å². The average molecular weight is 538 g/mol. The molecule has 0 spiro atoms. The van der Waals surface area contributed by atoms with Gasteiger partial charge in [-0.2, -0.15) is 0 Å². The number of methoxy groups -OCH3 is 1. The zero-order chi connectivity index (χ0) is 28.1. The Morgan fingerprint density at radius 3 is 2.50 bits per heavy atom. The maximum atomic E-state index is 13.3. The van der Waals surface area contributed by atoms with Crippen molar-refractivity contribution < 1.29 is 24.2 Å². The van der Waals surface area contributed by atoms with E-state index in [1.165, 1.54) is 4.90 Å². The fourth-order valence-electron chi connectivity index (χ4n) is 4.94. The van der Waals surface area contributed by atoms with E-state index in [0.717, 1.165) is 11.1 Å². The maximum absolute atomic E-state index is 13.3. The van der Waals surface area contributed by atoms with E-state index in [1.807, 2.05) is 42.0 Å². The number of imidazole rings is 1. The predicted molar refractivity (Wildman–Crippen MR) is 151 cm³/mol. The molecule has 0 saturated carbocycles. The summed E-state index contributed by atoms with van der Waals surface area (Å²) >= 11 is 0. The van der Waals surface area contributed by atoms with Crippen molar-refractivity contribution in [1.82, 2.24) is 14.5 Å². The van der Waals surface area contributed by atoms with Crippen LogP contribution in [0.1, 0.15) is 34.7 Å². The summed E-state index contributed by atoms with van der Waals surface area (Å²) in [7, 11) is 1.56. The van der Waals surface area contributed by atoms with E-state index in [1.54, 1.807) is 62.1 Å². The van der Waals surface area contributed by atoms with Gasteiger partial charge in [-0.3, -0.25) is 9.59 Å². The fourth-order valence-corrected chi connectivity index (χ4v) is 4.94. The number of aryl methyl sites for hydroxylation is 2. The Morgan fingerprint density at radius 2 is 1.77 bits per heavy atom. The van der Waals surface area contributed by atoms with Gasteiger partial charge in [0.05, 0.1) is 25.1 Å². The highest BCUT2D eigenvalue weighted by Gasteiger charge is 2.45. The molecule has 1 aromatic heterocycles. The molecule has 2 heterocycles. The standard InChI is InChI=1S/C32H31N3O5/c1-22-6-3-7-23(18-22)20-40-26-12-10-24(11-13-26)30(36)28-29(25-8-4-9-27(19-25)39-2)35(32(38)31(28)37)16-5-15-34-17-14-33-21-34/h3-4,6-14,17-19,21,29,36H,5,15-16,20H2,1-2H3/t29-/m0/s1. The number of aliphatic hydroxyl groups is 1. The fraction of sp³-hybridized carbons (Fsp3) is 0.219. The molecular formula is C32H31N3O5. The van der Waals surface area contributed by atoms with Crippen LogP contribution in [0, 0.1) is 6.92 Å². The number of carbonyl (C=O) groups excluding carboxylic acids is 2. The van der Waals surface area contributed by atoms with Gasteiger partial charge in [0.25, 0.3) is 11.7 Å². The van der Waals surface area contributed by atoms with E-state index in [0.29, 0.717) is 48.7 Å². The molecule has 1 atom stereocenters. The Labute approximate surface area is 233 Å². The minimum atomic E-state index is -0.755. The molecule has 4 aromatic rings. The first-order valence-electron chi connectivity index (χ1n) is 13.1. The van der Waals surface area contributed by atoms with Gasteiger partial charge in [0.1, 0.15) is 23.9 Å². The number of nitrogens with zero attached hydrogens (tertiary/aromatic N) is 3. The van der Waals surface area contributed by atoms with Crippen molar-refractivity contribution in [2.75, 3.05) is 13.7 Å². The van der Waals surface area contributed by atoms with Crippen LogP contribution < -0.4 is 9.47 Å². The topological polar surface area (TPSA) is 93.9 Å². The second-order valence-corrected chi connectivity index (χ2v) is 9.73. The van der Waals surface area contributed by atoms with Crippen LogP contribution in [0.15, 0.2) is 97.1 Å². The normalized spacial score (nSPS) is 16.4. The lowest BCUT2D eigenvalue weighted by Gasteiger charge is -2.25. The number of aliphatic hydroxyl groups excluding tert-OH is 1. The molecule has 0 bridgehead atoms. The first-order chi connectivity index (χ1) is 19.4.